The summed E-state index contributed by atoms with van der Waals surface area (Å²) in [5.41, 5.74) is 2.81. The van der Waals surface area contributed by atoms with Crippen LogP contribution in [-0.4, -0.2) is 21.8 Å². The molecule has 4 heteroatoms. The number of rotatable bonds is 7. The van der Waals surface area contributed by atoms with E-state index in [0.29, 0.717) is 12.4 Å². The summed E-state index contributed by atoms with van der Waals surface area (Å²) >= 11 is 0. The first-order valence-corrected chi connectivity index (χ1v) is 8.43. The lowest BCUT2D eigenvalue weighted by atomic mass is 9.99. The number of allylic oxidation sites excluding steroid dienone is 2. The summed E-state index contributed by atoms with van der Waals surface area (Å²) in [5.74, 6) is 1.41. The molecule has 1 atom stereocenters. The average molecular weight is 346 g/mol. The van der Waals surface area contributed by atoms with Crippen molar-refractivity contribution in [2.24, 2.45) is 0 Å². The number of ether oxygens (including phenoxy) is 1. The molecule has 0 saturated carbocycles. The van der Waals surface area contributed by atoms with Crippen molar-refractivity contribution in [3.8, 4) is 5.75 Å². The summed E-state index contributed by atoms with van der Waals surface area (Å²) in [4.78, 5) is 4.39. The van der Waals surface area contributed by atoms with Gasteiger partial charge in [0.15, 0.2) is 0 Å². The SMILES string of the molecule is C=C/C=C(\c1ccccc1)[C@H](O)c1nccn1Cc1ccc(OC)cc1. The number of aliphatic hydroxyl groups excluding tert-OH is 1. The van der Waals surface area contributed by atoms with E-state index in [1.807, 2.05) is 71.4 Å². The van der Waals surface area contributed by atoms with E-state index in [0.717, 1.165) is 22.4 Å². The van der Waals surface area contributed by atoms with Gasteiger partial charge in [-0.15, -0.1) is 0 Å². The second-order valence-corrected chi connectivity index (χ2v) is 5.89. The average Bonchev–Trinajstić information content (AvgIpc) is 3.15. The molecule has 3 rings (SSSR count). The van der Waals surface area contributed by atoms with Crippen LogP contribution in [0.5, 0.6) is 5.75 Å². The summed E-state index contributed by atoms with van der Waals surface area (Å²) in [5, 5.41) is 11.0. The van der Waals surface area contributed by atoms with E-state index in [9.17, 15) is 5.11 Å². The van der Waals surface area contributed by atoms with Crippen molar-refractivity contribution in [1.82, 2.24) is 9.55 Å². The maximum atomic E-state index is 11.0. The lowest BCUT2D eigenvalue weighted by Crippen LogP contribution is -2.11. The van der Waals surface area contributed by atoms with Crippen molar-refractivity contribution in [3.05, 3.63) is 103 Å². The van der Waals surface area contributed by atoms with Crippen molar-refractivity contribution in [3.63, 3.8) is 0 Å². The minimum Gasteiger partial charge on any atom is -0.497 e. The van der Waals surface area contributed by atoms with Crippen molar-refractivity contribution in [2.45, 2.75) is 12.6 Å². The van der Waals surface area contributed by atoms with Crippen LogP contribution in [0.15, 0.2) is 85.7 Å². The Morgan fingerprint density at radius 2 is 1.92 bits per heavy atom. The zero-order valence-corrected chi connectivity index (χ0v) is 14.7. The second kappa shape index (κ2) is 8.32. The molecule has 2 aromatic carbocycles. The van der Waals surface area contributed by atoms with Gasteiger partial charge in [0.1, 0.15) is 17.7 Å². The van der Waals surface area contributed by atoms with Crippen LogP contribution in [-0.2, 0) is 6.54 Å². The summed E-state index contributed by atoms with van der Waals surface area (Å²) < 4.78 is 7.15. The van der Waals surface area contributed by atoms with E-state index >= 15 is 0 Å². The standard InChI is InChI=1S/C22H22N2O2/c1-3-7-20(18-8-5-4-6-9-18)21(25)22-23-14-15-24(22)16-17-10-12-19(26-2)13-11-17/h3-15,21,25H,1,16H2,2H3/b20-7+/t21-/m0/s1. The van der Waals surface area contributed by atoms with Crippen molar-refractivity contribution < 1.29 is 9.84 Å². The lowest BCUT2D eigenvalue weighted by molar-refractivity contribution is 0.223. The van der Waals surface area contributed by atoms with Crippen molar-refractivity contribution >= 4 is 5.57 Å². The Morgan fingerprint density at radius 1 is 1.19 bits per heavy atom. The molecule has 1 N–H and O–H groups in total. The Morgan fingerprint density at radius 3 is 2.58 bits per heavy atom. The van der Waals surface area contributed by atoms with E-state index in [2.05, 4.69) is 11.6 Å². The van der Waals surface area contributed by atoms with E-state index in [1.54, 1.807) is 19.4 Å². The largest absolute Gasteiger partial charge is 0.497 e. The van der Waals surface area contributed by atoms with E-state index in [1.165, 1.54) is 0 Å². The molecule has 0 aliphatic rings. The molecule has 0 spiro atoms. The van der Waals surface area contributed by atoms with E-state index in [4.69, 9.17) is 4.74 Å². The summed E-state index contributed by atoms with van der Waals surface area (Å²) in [6, 6.07) is 17.6. The van der Waals surface area contributed by atoms with Gasteiger partial charge in [-0.1, -0.05) is 61.2 Å². The first-order chi connectivity index (χ1) is 12.7. The van der Waals surface area contributed by atoms with Gasteiger partial charge in [0.05, 0.1) is 7.11 Å². The first kappa shape index (κ1) is 17.7. The van der Waals surface area contributed by atoms with Gasteiger partial charge in [-0.2, -0.15) is 0 Å². The molecule has 0 saturated heterocycles. The molecule has 4 nitrogen and oxygen atoms in total. The molecule has 0 aliphatic heterocycles. The number of nitrogens with zero attached hydrogens (tertiary/aromatic N) is 2. The van der Waals surface area contributed by atoms with E-state index < -0.39 is 6.10 Å². The zero-order valence-electron chi connectivity index (χ0n) is 14.7. The number of methoxy groups -OCH3 is 1. The maximum absolute atomic E-state index is 11.0. The predicted molar refractivity (Wildman–Crippen MR) is 104 cm³/mol. The fraction of sp³-hybridized carbons (Fsp3) is 0.136. The molecule has 0 aliphatic carbocycles. The monoisotopic (exact) mass is 346 g/mol. The molecule has 0 unspecified atom stereocenters. The molecular weight excluding hydrogens is 324 g/mol. The maximum Gasteiger partial charge on any atom is 0.142 e. The van der Waals surface area contributed by atoms with Gasteiger partial charge < -0.3 is 14.4 Å². The number of hydrogen-bond donors (Lipinski definition) is 1. The summed E-state index contributed by atoms with van der Waals surface area (Å²) in [6.07, 6.45) is 6.25. The molecule has 1 heterocycles. The van der Waals surface area contributed by atoms with Gasteiger partial charge in [-0.05, 0) is 28.8 Å². The van der Waals surface area contributed by atoms with Crippen LogP contribution in [0.1, 0.15) is 23.1 Å². The third-order valence-electron chi connectivity index (χ3n) is 4.20. The molecule has 0 amide bonds. The minimum absolute atomic E-state index is 0.595. The third-order valence-corrected chi connectivity index (χ3v) is 4.20. The quantitative estimate of drug-likeness (QED) is 0.651. The van der Waals surface area contributed by atoms with E-state index in [-0.39, 0.29) is 0 Å². The van der Waals surface area contributed by atoms with Gasteiger partial charge in [-0.3, -0.25) is 0 Å². The highest BCUT2D eigenvalue weighted by Crippen LogP contribution is 2.29. The molecular formula is C22H22N2O2. The molecule has 1 aromatic heterocycles. The highest BCUT2D eigenvalue weighted by atomic mass is 16.5. The fourth-order valence-electron chi connectivity index (χ4n) is 2.87. The minimum atomic E-state index is -0.844. The molecule has 0 radical (unpaired) electrons. The van der Waals surface area contributed by atoms with Gasteiger partial charge >= 0.3 is 0 Å². The van der Waals surface area contributed by atoms with Gasteiger partial charge in [0.25, 0.3) is 0 Å². The number of hydrogen-bond acceptors (Lipinski definition) is 3. The smallest absolute Gasteiger partial charge is 0.142 e. The Bertz CT molecular complexity index is 880. The number of aliphatic hydroxyl groups is 1. The summed E-state index contributed by atoms with van der Waals surface area (Å²) in [7, 11) is 1.65. The molecule has 132 valence electrons. The highest BCUT2D eigenvalue weighted by Gasteiger charge is 2.19. The molecule has 0 bridgehead atoms. The number of imidazole rings is 1. The lowest BCUT2D eigenvalue weighted by Gasteiger charge is -2.17. The number of benzene rings is 2. The normalized spacial score (nSPS) is 12.6. The van der Waals surface area contributed by atoms with Crippen LogP contribution in [0, 0.1) is 0 Å². The van der Waals surface area contributed by atoms with Crippen LogP contribution in [0.3, 0.4) is 0 Å². The Hall–Kier alpha value is -3.11. The highest BCUT2D eigenvalue weighted by molar-refractivity contribution is 5.70. The van der Waals surface area contributed by atoms with Crippen molar-refractivity contribution in [1.29, 1.82) is 0 Å². The molecule has 3 aromatic rings. The zero-order chi connectivity index (χ0) is 18.4. The van der Waals surface area contributed by atoms with Crippen molar-refractivity contribution in [2.75, 3.05) is 7.11 Å². The van der Waals surface area contributed by atoms with Gasteiger partial charge in [-0.25, -0.2) is 4.98 Å². The Labute approximate surface area is 153 Å². The predicted octanol–water partition coefficient (Wildman–Crippen LogP) is 4.24. The van der Waals surface area contributed by atoms with Crippen LogP contribution in [0.2, 0.25) is 0 Å². The third kappa shape index (κ3) is 3.92. The molecule has 0 fully saturated rings. The topological polar surface area (TPSA) is 47.3 Å². The Balaban J connectivity index is 1.88. The van der Waals surface area contributed by atoms with Gasteiger partial charge in [0, 0.05) is 18.9 Å². The second-order valence-electron chi connectivity index (χ2n) is 5.89. The van der Waals surface area contributed by atoms with Crippen LogP contribution < -0.4 is 4.74 Å². The fourth-order valence-corrected chi connectivity index (χ4v) is 2.87. The van der Waals surface area contributed by atoms with Crippen LogP contribution in [0.4, 0.5) is 0 Å². The van der Waals surface area contributed by atoms with Gasteiger partial charge in [0.2, 0.25) is 0 Å². The first-order valence-electron chi connectivity index (χ1n) is 8.43. The summed E-state index contributed by atoms with van der Waals surface area (Å²) in [6.45, 7) is 4.39. The molecule has 26 heavy (non-hydrogen) atoms. The van der Waals surface area contributed by atoms with Crippen LogP contribution >= 0.6 is 0 Å². The Kier molecular flexibility index (Phi) is 5.66. The van der Waals surface area contributed by atoms with Crippen LogP contribution in [0.25, 0.3) is 5.57 Å². The number of aromatic nitrogens is 2.